The van der Waals surface area contributed by atoms with Gasteiger partial charge in [-0.15, -0.1) is 0 Å². The van der Waals surface area contributed by atoms with Gasteiger partial charge in [0.05, 0.1) is 11.4 Å². The second-order valence-corrected chi connectivity index (χ2v) is 6.50. The summed E-state index contributed by atoms with van der Waals surface area (Å²) in [4.78, 5) is 30.6. The molecule has 0 aliphatic heterocycles. The molecule has 0 fully saturated rings. The van der Waals surface area contributed by atoms with E-state index in [-0.39, 0.29) is 16.9 Å². The largest absolute Gasteiger partial charge is 0.370 e. The molecule has 1 aliphatic carbocycles. The molecule has 3 aromatic rings. The molecule has 1 atom stereocenters. The van der Waals surface area contributed by atoms with Crippen LogP contribution in [0.3, 0.4) is 0 Å². The van der Waals surface area contributed by atoms with Gasteiger partial charge in [-0.2, -0.15) is 0 Å². The number of aromatic nitrogens is 3. The first-order valence-corrected chi connectivity index (χ1v) is 8.00. The van der Waals surface area contributed by atoms with Crippen molar-refractivity contribution in [3.63, 3.8) is 0 Å². The molecule has 122 valence electrons. The molecule has 0 spiro atoms. The van der Waals surface area contributed by atoms with Gasteiger partial charge in [0.1, 0.15) is 0 Å². The highest BCUT2D eigenvalue weighted by Gasteiger charge is 2.41. The standard InChI is InChI=1S/C18H18N4O2/c1-18(8-4-7-13(19)23)12-6-3-2-5-11(12)14-15(18)22-10-9-20-16(22)17(24)21-14/h2-3,5-6,9-10H,4,7-8H2,1H3,(H2,19,23)(H,21,24). The first kappa shape index (κ1) is 14.7. The summed E-state index contributed by atoms with van der Waals surface area (Å²) in [6.45, 7) is 2.15. The zero-order valence-corrected chi connectivity index (χ0v) is 13.4. The Labute approximate surface area is 138 Å². The fourth-order valence-electron chi connectivity index (χ4n) is 3.92. The summed E-state index contributed by atoms with van der Waals surface area (Å²) in [5, 5.41) is 0. The van der Waals surface area contributed by atoms with Crippen molar-refractivity contribution >= 4 is 11.6 Å². The molecule has 3 N–H and O–H groups in total. The lowest BCUT2D eigenvalue weighted by Crippen LogP contribution is -2.26. The Bertz CT molecular complexity index is 1020. The maximum absolute atomic E-state index is 12.3. The van der Waals surface area contributed by atoms with E-state index < -0.39 is 0 Å². The number of carbonyl (C=O) groups is 1. The number of hydrogen-bond donors (Lipinski definition) is 2. The summed E-state index contributed by atoms with van der Waals surface area (Å²) >= 11 is 0. The van der Waals surface area contributed by atoms with Crippen molar-refractivity contribution in [3.8, 4) is 11.3 Å². The lowest BCUT2D eigenvalue weighted by atomic mass is 9.78. The Morgan fingerprint density at radius 2 is 2.17 bits per heavy atom. The molecular formula is C18H18N4O2. The third kappa shape index (κ3) is 1.92. The molecule has 1 amide bonds. The van der Waals surface area contributed by atoms with E-state index in [0.717, 1.165) is 28.9 Å². The molecule has 6 nitrogen and oxygen atoms in total. The topological polar surface area (TPSA) is 93.2 Å². The zero-order chi connectivity index (χ0) is 16.9. The van der Waals surface area contributed by atoms with Crippen LogP contribution in [0.5, 0.6) is 0 Å². The van der Waals surface area contributed by atoms with Crippen molar-refractivity contribution in [3.05, 3.63) is 58.3 Å². The Balaban J connectivity index is 1.97. The van der Waals surface area contributed by atoms with Gasteiger partial charge in [0.15, 0.2) is 0 Å². The van der Waals surface area contributed by atoms with Crippen molar-refractivity contribution in [2.24, 2.45) is 5.73 Å². The predicted octanol–water partition coefficient (Wildman–Crippen LogP) is 1.96. The summed E-state index contributed by atoms with van der Waals surface area (Å²) in [5.41, 5.74) is 9.21. The summed E-state index contributed by atoms with van der Waals surface area (Å²) in [7, 11) is 0. The van der Waals surface area contributed by atoms with Crippen molar-refractivity contribution in [1.29, 1.82) is 0 Å². The van der Waals surface area contributed by atoms with Crippen LogP contribution in [0.15, 0.2) is 41.5 Å². The number of aromatic amines is 1. The second-order valence-electron chi connectivity index (χ2n) is 6.50. The fourth-order valence-corrected chi connectivity index (χ4v) is 3.92. The van der Waals surface area contributed by atoms with Crippen LogP contribution in [0.4, 0.5) is 0 Å². The average Bonchev–Trinajstić information content (AvgIpc) is 3.11. The lowest BCUT2D eigenvalue weighted by Gasteiger charge is -2.27. The Kier molecular flexibility index (Phi) is 3.09. The molecule has 1 aromatic carbocycles. The number of primary amides is 1. The molecular weight excluding hydrogens is 304 g/mol. The van der Waals surface area contributed by atoms with E-state index in [1.165, 1.54) is 0 Å². The zero-order valence-electron chi connectivity index (χ0n) is 13.4. The van der Waals surface area contributed by atoms with Gasteiger partial charge < -0.3 is 10.7 Å². The first-order valence-electron chi connectivity index (χ1n) is 8.00. The van der Waals surface area contributed by atoms with Crippen molar-refractivity contribution < 1.29 is 4.79 Å². The minimum Gasteiger partial charge on any atom is -0.370 e. The van der Waals surface area contributed by atoms with Crippen LogP contribution >= 0.6 is 0 Å². The van der Waals surface area contributed by atoms with Crippen LogP contribution in [-0.4, -0.2) is 20.3 Å². The van der Waals surface area contributed by atoms with Crippen LogP contribution in [0.2, 0.25) is 0 Å². The number of rotatable bonds is 4. The number of benzene rings is 1. The highest BCUT2D eigenvalue weighted by atomic mass is 16.1. The van der Waals surface area contributed by atoms with Crippen LogP contribution in [0.1, 0.15) is 37.4 Å². The quantitative estimate of drug-likeness (QED) is 0.769. The van der Waals surface area contributed by atoms with Crippen molar-refractivity contribution in [2.45, 2.75) is 31.6 Å². The van der Waals surface area contributed by atoms with Gasteiger partial charge in [-0.1, -0.05) is 24.3 Å². The molecule has 0 bridgehead atoms. The van der Waals surface area contributed by atoms with Crippen LogP contribution in [0, 0.1) is 0 Å². The molecule has 2 aromatic heterocycles. The number of nitrogens with one attached hydrogen (secondary N) is 1. The van der Waals surface area contributed by atoms with Crippen molar-refractivity contribution in [1.82, 2.24) is 14.4 Å². The van der Waals surface area contributed by atoms with E-state index in [1.807, 2.05) is 28.8 Å². The second kappa shape index (κ2) is 5.06. The Hall–Kier alpha value is -2.89. The molecule has 0 saturated heterocycles. The molecule has 24 heavy (non-hydrogen) atoms. The Morgan fingerprint density at radius 1 is 1.38 bits per heavy atom. The highest BCUT2D eigenvalue weighted by molar-refractivity contribution is 5.78. The number of nitrogens with zero attached hydrogens (tertiary/aromatic N) is 2. The molecule has 1 aliphatic rings. The van der Waals surface area contributed by atoms with E-state index in [4.69, 9.17) is 5.73 Å². The summed E-state index contributed by atoms with van der Waals surface area (Å²) in [6, 6.07) is 8.07. The van der Waals surface area contributed by atoms with Crippen LogP contribution in [-0.2, 0) is 10.2 Å². The summed E-state index contributed by atoms with van der Waals surface area (Å²) in [5.74, 6) is -0.292. The Morgan fingerprint density at radius 3 is 2.96 bits per heavy atom. The van der Waals surface area contributed by atoms with Crippen LogP contribution in [0.25, 0.3) is 16.9 Å². The SMILES string of the molecule is CC1(CCCC(N)=O)c2ccccc2-c2[nH]c(=O)c3nccn3c21. The summed E-state index contributed by atoms with van der Waals surface area (Å²) < 4.78 is 1.87. The number of nitrogens with two attached hydrogens (primary N) is 1. The average molecular weight is 322 g/mol. The molecule has 4 rings (SSSR count). The first-order chi connectivity index (χ1) is 11.5. The highest BCUT2D eigenvalue weighted by Crippen LogP contribution is 2.49. The predicted molar refractivity (Wildman–Crippen MR) is 90.7 cm³/mol. The number of hydrogen-bond acceptors (Lipinski definition) is 3. The molecule has 0 radical (unpaired) electrons. The van der Waals surface area contributed by atoms with Gasteiger partial charge in [-0.3, -0.25) is 14.0 Å². The van der Waals surface area contributed by atoms with Crippen LogP contribution < -0.4 is 11.3 Å². The molecule has 0 saturated carbocycles. The smallest absolute Gasteiger partial charge is 0.292 e. The maximum atomic E-state index is 12.3. The molecule has 1 unspecified atom stereocenters. The van der Waals surface area contributed by atoms with E-state index in [9.17, 15) is 9.59 Å². The number of imidazole rings is 1. The maximum Gasteiger partial charge on any atom is 0.292 e. The third-order valence-electron chi connectivity index (χ3n) is 4.97. The monoisotopic (exact) mass is 322 g/mol. The van der Waals surface area contributed by atoms with E-state index in [0.29, 0.717) is 18.5 Å². The third-order valence-corrected chi connectivity index (χ3v) is 4.97. The van der Waals surface area contributed by atoms with Gasteiger partial charge >= 0.3 is 0 Å². The van der Waals surface area contributed by atoms with E-state index >= 15 is 0 Å². The normalized spacial score (nSPS) is 18.5. The van der Waals surface area contributed by atoms with Gasteiger partial charge in [0.25, 0.3) is 5.56 Å². The van der Waals surface area contributed by atoms with Gasteiger partial charge in [0, 0.05) is 29.8 Å². The van der Waals surface area contributed by atoms with Crippen molar-refractivity contribution in [2.75, 3.05) is 0 Å². The molecule has 6 heteroatoms. The number of amides is 1. The number of carbonyl (C=O) groups excluding carboxylic acids is 1. The molecule has 2 heterocycles. The number of fused-ring (bicyclic) bond motifs is 5. The van der Waals surface area contributed by atoms with E-state index in [2.05, 4.69) is 23.0 Å². The van der Waals surface area contributed by atoms with Gasteiger partial charge in [-0.25, -0.2) is 4.98 Å². The minimum absolute atomic E-state index is 0.199. The lowest BCUT2D eigenvalue weighted by molar-refractivity contribution is -0.118. The number of H-pyrrole nitrogens is 1. The van der Waals surface area contributed by atoms with Gasteiger partial charge in [0.2, 0.25) is 11.6 Å². The summed E-state index contributed by atoms with van der Waals surface area (Å²) in [6.07, 6.45) is 5.26. The minimum atomic E-state index is -0.315. The van der Waals surface area contributed by atoms with Gasteiger partial charge in [-0.05, 0) is 25.3 Å². The van der Waals surface area contributed by atoms with E-state index in [1.54, 1.807) is 6.20 Å². The fraction of sp³-hybridized carbons (Fsp3) is 0.278.